The molecule has 0 spiro atoms. The van der Waals surface area contributed by atoms with Gasteiger partial charge in [-0.2, -0.15) is 0 Å². The van der Waals surface area contributed by atoms with Gasteiger partial charge >= 0.3 is 5.97 Å². The lowest BCUT2D eigenvalue weighted by atomic mass is 10.1. The van der Waals surface area contributed by atoms with Crippen LogP contribution < -0.4 is 9.64 Å². The number of amides is 1. The van der Waals surface area contributed by atoms with Crippen LogP contribution in [-0.2, 0) is 9.59 Å². The number of carboxylic acid groups (broad SMARTS) is 1. The summed E-state index contributed by atoms with van der Waals surface area (Å²) in [6, 6.07) is 5.17. The van der Waals surface area contributed by atoms with Gasteiger partial charge in [0.25, 0.3) is 5.91 Å². The molecular weight excluding hydrogens is 222 g/mol. The Morgan fingerprint density at radius 3 is 3.00 bits per heavy atom. The van der Waals surface area contributed by atoms with E-state index in [-0.39, 0.29) is 12.5 Å². The number of anilines is 1. The fourth-order valence-corrected chi connectivity index (χ4v) is 1.56. The Balaban J connectivity index is 2.35. The lowest BCUT2D eigenvalue weighted by Gasteiger charge is -2.26. The number of carbonyl (C=O) groups is 2. The van der Waals surface area contributed by atoms with E-state index in [1.807, 2.05) is 0 Å². The number of hydrogen-bond donors (Lipinski definition) is 1. The molecule has 0 aliphatic carbocycles. The highest BCUT2D eigenvalue weighted by Gasteiger charge is 2.21. The zero-order chi connectivity index (χ0) is 12.4. The average Bonchev–Trinajstić information content (AvgIpc) is 2.31. The van der Waals surface area contributed by atoms with Gasteiger partial charge in [-0.05, 0) is 23.8 Å². The minimum Gasteiger partial charge on any atom is -0.482 e. The Hall–Kier alpha value is -2.30. The molecule has 0 unspecified atom stereocenters. The van der Waals surface area contributed by atoms with Gasteiger partial charge < -0.3 is 14.7 Å². The summed E-state index contributed by atoms with van der Waals surface area (Å²) < 4.78 is 5.26. The molecule has 0 saturated heterocycles. The highest BCUT2D eigenvalue weighted by molar-refractivity contribution is 5.97. The number of fused-ring (bicyclic) bond motifs is 1. The third kappa shape index (κ3) is 2.28. The summed E-state index contributed by atoms with van der Waals surface area (Å²) in [5.41, 5.74) is 1.35. The molecule has 0 radical (unpaired) electrons. The molecule has 5 heteroatoms. The monoisotopic (exact) mass is 233 g/mol. The van der Waals surface area contributed by atoms with Crippen molar-refractivity contribution in [3.05, 3.63) is 29.8 Å². The van der Waals surface area contributed by atoms with Gasteiger partial charge in [0.2, 0.25) is 0 Å². The zero-order valence-electron chi connectivity index (χ0n) is 9.21. The maximum Gasteiger partial charge on any atom is 0.328 e. The number of rotatable bonds is 2. The minimum absolute atomic E-state index is 0.0355. The molecule has 1 aromatic carbocycles. The van der Waals surface area contributed by atoms with Gasteiger partial charge in [0, 0.05) is 13.1 Å². The second-order valence-corrected chi connectivity index (χ2v) is 3.64. The number of hydrogen-bond acceptors (Lipinski definition) is 3. The van der Waals surface area contributed by atoms with E-state index >= 15 is 0 Å². The number of carbonyl (C=O) groups excluding carboxylic acids is 1. The molecule has 1 aromatic rings. The molecule has 0 saturated carbocycles. The van der Waals surface area contributed by atoms with Crippen LogP contribution in [0, 0.1) is 0 Å². The van der Waals surface area contributed by atoms with E-state index in [0.29, 0.717) is 17.0 Å². The van der Waals surface area contributed by atoms with Gasteiger partial charge in [-0.3, -0.25) is 4.79 Å². The van der Waals surface area contributed by atoms with Crippen LogP contribution in [0.4, 0.5) is 5.69 Å². The molecule has 1 aliphatic heterocycles. The van der Waals surface area contributed by atoms with Crippen LogP contribution in [0.15, 0.2) is 24.3 Å². The molecular formula is C12H11NO4. The minimum atomic E-state index is -1.01. The highest BCUT2D eigenvalue weighted by atomic mass is 16.5. The predicted octanol–water partition coefficient (Wildman–Crippen LogP) is 1.14. The van der Waals surface area contributed by atoms with Crippen LogP contribution in [0.2, 0.25) is 0 Å². The summed E-state index contributed by atoms with van der Waals surface area (Å²) in [7, 11) is 1.66. The first kappa shape index (κ1) is 11.2. The Morgan fingerprint density at radius 2 is 2.29 bits per heavy atom. The van der Waals surface area contributed by atoms with Crippen LogP contribution in [-0.4, -0.2) is 30.6 Å². The average molecular weight is 233 g/mol. The van der Waals surface area contributed by atoms with E-state index in [2.05, 4.69) is 0 Å². The fraction of sp³-hybridized carbons (Fsp3) is 0.167. The van der Waals surface area contributed by atoms with Gasteiger partial charge in [0.1, 0.15) is 5.75 Å². The van der Waals surface area contributed by atoms with Crippen molar-refractivity contribution in [2.24, 2.45) is 0 Å². The second kappa shape index (κ2) is 4.29. The van der Waals surface area contributed by atoms with Crippen molar-refractivity contribution in [1.82, 2.24) is 0 Å². The largest absolute Gasteiger partial charge is 0.482 e. The Kier molecular flexibility index (Phi) is 2.82. The predicted molar refractivity (Wildman–Crippen MR) is 62.0 cm³/mol. The molecule has 88 valence electrons. The second-order valence-electron chi connectivity index (χ2n) is 3.64. The quantitative estimate of drug-likeness (QED) is 0.778. The van der Waals surface area contributed by atoms with Gasteiger partial charge in [0.05, 0.1) is 5.69 Å². The molecule has 0 bridgehead atoms. The van der Waals surface area contributed by atoms with E-state index in [1.54, 1.807) is 25.2 Å². The summed E-state index contributed by atoms with van der Waals surface area (Å²) in [4.78, 5) is 23.3. The summed E-state index contributed by atoms with van der Waals surface area (Å²) in [5.74, 6) is -0.514. The first-order chi connectivity index (χ1) is 8.08. The normalized spacial score (nSPS) is 14.6. The third-order valence-electron chi connectivity index (χ3n) is 2.49. The van der Waals surface area contributed by atoms with Crippen LogP contribution in [0.3, 0.4) is 0 Å². The number of nitrogens with zero attached hydrogens (tertiary/aromatic N) is 1. The van der Waals surface area contributed by atoms with Gasteiger partial charge in [-0.1, -0.05) is 6.07 Å². The Morgan fingerprint density at radius 1 is 1.53 bits per heavy atom. The summed E-state index contributed by atoms with van der Waals surface area (Å²) in [6.45, 7) is 0.0355. The van der Waals surface area contributed by atoms with Crippen LogP contribution in [0.25, 0.3) is 6.08 Å². The first-order valence-electron chi connectivity index (χ1n) is 5.02. The van der Waals surface area contributed by atoms with Crippen molar-refractivity contribution in [2.75, 3.05) is 18.6 Å². The number of benzene rings is 1. The molecule has 1 heterocycles. The molecule has 17 heavy (non-hydrogen) atoms. The molecule has 2 rings (SSSR count). The first-order valence-corrected chi connectivity index (χ1v) is 5.02. The highest BCUT2D eigenvalue weighted by Crippen LogP contribution is 2.32. The van der Waals surface area contributed by atoms with Crippen molar-refractivity contribution in [2.45, 2.75) is 0 Å². The lowest BCUT2D eigenvalue weighted by molar-refractivity contribution is -0.131. The van der Waals surface area contributed by atoms with E-state index in [4.69, 9.17) is 9.84 Å². The van der Waals surface area contributed by atoms with E-state index in [0.717, 1.165) is 6.08 Å². The van der Waals surface area contributed by atoms with E-state index < -0.39 is 5.97 Å². The van der Waals surface area contributed by atoms with Crippen LogP contribution in [0.1, 0.15) is 5.56 Å². The smallest absolute Gasteiger partial charge is 0.328 e. The molecule has 0 aromatic heterocycles. The topological polar surface area (TPSA) is 66.8 Å². The van der Waals surface area contributed by atoms with Crippen molar-refractivity contribution in [3.63, 3.8) is 0 Å². The number of ether oxygens (including phenoxy) is 1. The van der Waals surface area contributed by atoms with Crippen LogP contribution >= 0.6 is 0 Å². The molecule has 1 N–H and O–H groups in total. The third-order valence-corrected chi connectivity index (χ3v) is 2.49. The van der Waals surface area contributed by atoms with Crippen LogP contribution in [0.5, 0.6) is 5.75 Å². The van der Waals surface area contributed by atoms with Crippen molar-refractivity contribution in [1.29, 1.82) is 0 Å². The van der Waals surface area contributed by atoms with Crippen molar-refractivity contribution >= 4 is 23.6 Å². The Labute approximate surface area is 97.9 Å². The summed E-state index contributed by atoms with van der Waals surface area (Å²) in [5, 5.41) is 8.53. The Bertz CT molecular complexity index is 507. The summed E-state index contributed by atoms with van der Waals surface area (Å²) >= 11 is 0. The maximum absolute atomic E-state index is 11.4. The SMILES string of the molecule is CN1C(=O)COc2ccc(/C=C/C(=O)O)cc21. The number of aliphatic carboxylic acids is 1. The molecule has 0 atom stereocenters. The molecule has 0 fully saturated rings. The number of likely N-dealkylation sites (N-methyl/N-ethyl adjacent to an activating group) is 1. The van der Waals surface area contributed by atoms with Gasteiger partial charge in [0.15, 0.2) is 6.61 Å². The molecule has 1 amide bonds. The van der Waals surface area contributed by atoms with Gasteiger partial charge in [-0.25, -0.2) is 4.79 Å². The summed E-state index contributed by atoms with van der Waals surface area (Å²) in [6.07, 6.45) is 2.52. The number of carboxylic acids is 1. The van der Waals surface area contributed by atoms with E-state index in [1.165, 1.54) is 11.0 Å². The molecule has 5 nitrogen and oxygen atoms in total. The fourth-order valence-electron chi connectivity index (χ4n) is 1.56. The van der Waals surface area contributed by atoms with Crippen molar-refractivity contribution < 1.29 is 19.4 Å². The lowest BCUT2D eigenvalue weighted by Crippen LogP contribution is -2.35. The maximum atomic E-state index is 11.4. The zero-order valence-corrected chi connectivity index (χ0v) is 9.21. The van der Waals surface area contributed by atoms with Gasteiger partial charge in [-0.15, -0.1) is 0 Å². The molecule has 1 aliphatic rings. The standard InChI is InChI=1S/C12H11NO4/c1-13-9-6-8(3-5-12(15)16)2-4-10(9)17-7-11(13)14/h2-6H,7H2,1H3,(H,15,16)/b5-3+. The van der Waals surface area contributed by atoms with Crippen molar-refractivity contribution in [3.8, 4) is 5.75 Å². The van der Waals surface area contributed by atoms with E-state index in [9.17, 15) is 9.59 Å².